The fraction of sp³-hybridized carbons (Fsp3) is 0.333. The first-order chi connectivity index (χ1) is 6.89. The van der Waals surface area contributed by atoms with Crippen molar-refractivity contribution in [2.75, 3.05) is 0 Å². The van der Waals surface area contributed by atoms with E-state index >= 15 is 0 Å². The van der Waals surface area contributed by atoms with Crippen LogP contribution in [0.1, 0.15) is 0 Å². The van der Waals surface area contributed by atoms with E-state index in [1.54, 1.807) is 0 Å². The van der Waals surface area contributed by atoms with Crippen LogP contribution >= 0.6 is 0 Å². The van der Waals surface area contributed by atoms with Gasteiger partial charge in [0.25, 0.3) is 0 Å². The Balaban J connectivity index is 5.55. The van der Waals surface area contributed by atoms with Gasteiger partial charge in [0, 0.05) is 0 Å². The lowest BCUT2D eigenvalue weighted by Gasteiger charge is -2.06. The summed E-state index contributed by atoms with van der Waals surface area (Å²) in [6.07, 6.45) is -12.1. The standard InChI is InChI=1S/C6F10/c7-1(3(9)5(11,12)13)2(8)4(10)6(14,15)16/b3-1-,4-2+. The summed E-state index contributed by atoms with van der Waals surface area (Å²) in [5, 5.41) is 0. The van der Waals surface area contributed by atoms with Crippen molar-refractivity contribution < 1.29 is 43.9 Å². The molecule has 0 nitrogen and oxygen atoms in total. The van der Waals surface area contributed by atoms with Crippen LogP contribution in [0.5, 0.6) is 0 Å². The molecule has 0 aromatic heterocycles. The van der Waals surface area contributed by atoms with Crippen molar-refractivity contribution in [3.8, 4) is 0 Å². The van der Waals surface area contributed by atoms with E-state index in [1.165, 1.54) is 0 Å². The van der Waals surface area contributed by atoms with E-state index in [2.05, 4.69) is 0 Å². The first kappa shape index (κ1) is 14.8. The molecule has 0 saturated heterocycles. The molecule has 0 aromatic carbocycles. The smallest absolute Gasteiger partial charge is 0.200 e. The molecule has 0 unspecified atom stereocenters. The number of rotatable bonds is 1. The molecule has 0 rings (SSSR count). The second-order valence-corrected chi connectivity index (χ2v) is 2.25. The van der Waals surface area contributed by atoms with Crippen molar-refractivity contribution in [1.29, 1.82) is 0 Å². The van der Waals surface area contributed by atoms with Gasteiger partial charge in [-0.25, -0.2) is 8.78 Å². The van der Waals surface area contributed by atoms with Crippen LogP contribution in [0.4, 0.5) is 43.9 Å². The van der Waals surface area contributed by atoms with Gasteiger partial charge in [0.15, 0.2) is 0 Å². The Morgan fingerprint density at radius 2 is 0.688 bits per heavy atom. The predicted octanol–water partition coefficient (Wildman–Crippen LogP) is 4.41. The molecule has 0 aliphatic carbocycles. The molecule has 0 atom stereocenters. The highest BCUT2D eigenvalue weighted by atomic mass is 19.4. The Labute approximate surface area is 80.8 Å². The van der Waals surface area contributed by atoms with Crippen LogP contribution in [0, 0.1) is 0 Å². The molecule has 10 heteroatoms. The van der Waals surface area contributed by atoms with Crippen LogP contribution in [0.15, 0.2) is 23.3 Å². The Hall–Kier alpha value is -1.22. The van der Waals surface area contributed by atoms with Crippen molar-refractivity contribution in [2.24, 2.45) is 0 Å². The average molecular weight is 262 g/mol. The summed E-state index contributed by atoms with van der Waals surface area (Å²) in [5.74, 6) is -14.8. The minimum absolute atomic E-state index is 3.60. The van der Waals surface area contributed by atoms with Gasteiger partial charge in [0.2, 0.25) is 23.3 Å². The number of hydrogen-bond donors (Lipinski definition) is 0. The monoisotopic (exact) mass is 262 g/mol. The van der Waals surface area contributed by atoms with Crippen LogP contribution in [0.2, 0.25) is 0 Å². The van der Waals surface area contributed by atoms with Crippen LogP contribution in [-0.4, -0.2) is 12.4 Å². The molecule has 0 bridgehead atoms. The zero-order chi connectivity index (χ0) is 13.3. The maximum Gasteiger partial charge on any atom is 0.446 e. The van der Waals surface area contributed by atoms with Gasteiger partial charge < -0.3 is 0 Å². The van der Waals surface area contributed by atoms with Crippen LogP contribution in [0.3, 0.4) is 0 Å². The summed E-state index contributed by atoms with van der Waals surface area (Å²) in [4.78, 5) is 0. The van der Waals surface area contributed by atoms with Crippen molar-refractivity contribution in [2.45, 2.75) is 12.4 Å². The summed E-state index contributed by atoms with van der Waals surface area (Å²) in [5.41, 5.74) is 0. The van der Waals surface area contributed by atoms with E-state index in [0.717, 1.165) is 0 Å². The summed E-state index contributed by atoms with van der Waals surface area (Å²) in [7, 11) is 0. The second kappa shape index (κ2) is 4.34. The van der Waals surface area contributed by atoms with Crippen molar-refractivity contribution in [3.05, 3.63) is 23.3 Å². The molecular weight excluding hydrogens is 262 g/mol. The maximum atomic E-state index is 12.1. The lowest BCUT2D eigenvalue weighted by molar-refractivity contribution is -0.115. The highest BCUT2D eigenvalue weighted by Gasteiger charge is 2.44. The van der Waals surface area contributed by atoms with Gasteiger partial charge in [0.05, 0.1) is 0 Å². The first-order valence-corrected chi connectivity index (χ1v) is 3.14. The zero-order valence-corrected chi connectivity index (χ0v) is 6.78. The summed E-state index contributed by atoms with van der Waals surface area (Å²) in [6.45, 7) is 0. The van der Waals surface area contributed by atoms with Crippen LogP contribution < -0.4 is 0 Å². The molecule has 0 aliphatic heterocycles. The molecule has 94 valence electrons. The minimum atomic E-state index is -6.05. The average Bonchev–Trinajstić information content (AvgIpc) is 2.10. The molecule has 0 N–H and O–H groups in total. The minimum Gasteiger partial charge on any atom is -0.200 e. The second-order valence-electron chi connectivity index (χ2n) is 2.25. The van der Waals surface area contributed by atoms with Gasteiger partial charge in [-0.15, -0.1) is 0 Å². The third-order valence-corrected chi connectivity index (χ3v) is 1.08. The Kier molecular flexibility index (Phi) is 4.01. The Morgan fingerprint density at radius 3 is 0.812 bits per heavy atom. The van der Waals surface area contributed by atoms with E-state index in [4.69, 9.17) is 0 Å². The van der Waals surface area contributed by atoms with Crippen LogP contribution in [0.25, 0.3) is 0 Å². The van der Waals surface area contributed by atoms with Gasteiger partial charge >= 0.3 is 12.4 Å². The van der Waals surface area contributed by atoms with E-state index < -0.39 is 35.7 Å². The summed E-state index contributed by atoms with van der Waals surface area (Å²) < 4.78 is 116. The highest BCUT2D eigenvalue weighted by molar-refractivity contribution is 5.28. The maximum absolute atomic E-state index is 12.1. The predicted molar refractivity (Wildman–Crippen MR) is 30.6 cm³/mol. The van der Waals surface area contributed by atoms with Gasteiger partial charge in [-0.1, -0.05) is 0 Å². The van der Waals surface area contributed by atoms with Crippen molar-refractivity contribution in [3.63, 3.8) is 0 Å². The molecule has 0 saturated carbocycles. The fourth-order valence-corrected chi connectivity index (χ4v) is 0.442. The largest absolute Gasteiger partial charge is 0.446 e. The molecule has 0 fully saturated rings. The number of halogens is 10. The number of alkyl halides is 6. The SMILES string of the molecule is FC(=C(\F)C(F)(F)F)/C(F)=C(\F)C(F)(F)F. The van der Waals surface area contributed by atoms with Crippen molar-refractivity contribution in [1.82, 2.24) is 0 Å². The fourth-order valence-electron chi connectivity index (χ4n) is 0.442. The molecule has 0 spiro atoms. The van der Waals surface area contributed by atoms with Gasteiger partial charge in [-0.2, -0.15) is 35.1 Å². The molecular formula is C6F10. The quantitative estimate of drug-likeness (QED) is 0.485. The molecule has 16 heavy (non-hydrogen) atoms. The van der Waals surface area contributed by atoms with Crippen LogP contribution in [-0.2, 0) is 0 Å². The van der Waals surface area contributed by atoms with E-state index in [9.17, 15) is 43.9 Å². The summed E-state index contributed by atoms with van der Waals surface area (Å²) >= 11 is 0. The van der Waals surface area contributed by atoms with E-state index in [-0.39, 0.29) is 0 Å². The van der Waals surface area contributed by atoms with Gasteiger partial charge in [0.1, 0.15) is 0 Å². The normalized spacial score (nSPS) is 16.9. The number of hydrogen-bond acceptors (Lipinski definition) is 0. The third-order valence-electron chi connectivity index (χ3n) is 1.08. The van der Waals surface area contributed by atoms with Gasteiger partial charge in [-0.3, -0.25) is 0 Å². The third kappa shape index (κ3) is 3.42. The zero-order valence-electron chi connectivity index (χ0n) is 6.78. The molecule has 0 radical (unpaired) electrons. The first-order valence-electron chi connectivity index (χ1n) is 3.14. The van der Waals surface area contributed by atoms with Crippen molar-refractivity contribution >= 4 is 0 Å². The summed E-state index contributed by atoms with van der Waals surface area (Å²) in [6, 6.07) is 0. The van der Waals surface area contributed by atoms with E-state index in [0.29, 0.717) is 0 Å². The lowest BCUT2D eigenvalue weighted by Crippen LogP contribution is -2.13. The number of allylic oxidation sites excluding steroid dienone is 4. The van der Waals surface area contributed by atoms with E-state index in [1.807, 2.05) is 0 Å². The molecule has 0 aliphatic rings. The van der Waals surface area contributed by atoms with Gasteiger partial charge in [-0.05, 0) is 0 Å². The molecule has 0 amide bonds. The Morgan fingerprint density at radius 1 is 0.500 bits per heavy atom. The highest BCUT2D eigenvalue weighted by Crippen LogP contribution is 2.38. The molecule has 0 aromatic rings. The molecule has 0 heterocycles. The Bertz CT molecular complexity index is 292. The lowest BCUT2D eigenvalue weighted by atomic mass is 10.3. The topological polar surface area (TPSA) is 0 Å².